The number of hydrogen-bond acceptors (Lipinski definition) is 3. The van der Waals surface area contributed by atoms with Crippen molar-refractivity contribution in [3.8, 4) is 0 Å². The first-order valence-corrected chi connectivity index (χ1v) is 22.0. The van der Waals surface area contributed by atoms with E-state index in [1.54, 1.807) is 0 Å². The Morgan fingerprint density at radius 3 is 1.32 bits per heavy atom. The number of unbranched alkanes of at least 4 members (excludes halogenated alkanes) is 25. The van der Waals surface area contributed by atoms with E-state index in [-0.39, 0.29) is 18.5 Å². The number of allylic oxidation sites excluding steroid dienone is 6. The number of carboxylic acids is 1. The summed E-state index contributed by atoms with van der Waals surface area (Å²) in [6.45, 7) is 4.53. The molecule has 0 radical (unpaired) electrons. The maximum absolute atomic E-state index is 12.7. The SMILES string of the molecule is CCCCC/C=C\C/C=C\CCCCCCCCCCCC(=O)OC(CCC/C=C\CCCCCCCCCC)CCCCCCCC(=O)O. The van der Waals surface area contributed by atoms with Crippen LogP contribution >= 0.6 is 0 Å². The van der Waals surface area contributed by atoms with Gasteiger partial charge in [-0.3, -0.25) is 9.59 Å². The average Bonchev–Trinajstić information content (AvgIpc) is 3.10. The van der Waals surface area contributed by atoms with Crippen molar-refractivity contribution in [2.24, 2.45) is 0 Å². The van der Waals surface area contributed by atoms with Gasteiger partial charge in [-0.25, -0.2) is 0 Å². The van der Waals surface area contributed by atoms with E-state index in [1.807, 2.05) is 0 Å². The number of hydrogen-bond donors (Lipinski definition) is 1. The largest absolute Gasteiger partial charge is 0.481 e. The Hall–Kier alpha value is -1.84. The molecule has 0 spiro atoms. The van der Waals surface area contributed by atoms with Crippen LogP contribution in [0.5, 0.6) is 0 Å². The molecule has 0 fully saturated rings. The molecule has 0 aromatic heterocycles. The van der Waals surface area contributed by atoms with Crippen molar-refractivity contribution in [1.29, 1.82) is 0 Å². The van der Waals surface area contributed by atoms with Gasteiger partial charge in [-0.05, 0) is 89.9 Å². The van der Waals surface area contributed by atoms with Crippen LogP contribution in [-0.4, -0.2) is 23.1 Å². The molecule has 4 heteroatoms. The Morgan fingerprint density at radius 1 is 0.440 bits per heavy atom. The summed E-state index contributed by atoms with van der Waals surface area (Å²) in [5.41, 5.74) is 0. The van der Waals surface area contributed by atoms with Crippen LogP contribution in [0, 0.1) is 0 Å². The minimum absolute atomic E-state index is 0.0151. The van der Waals surface area contributed by atoms with Gasteiger partial charge in [0.2, 0.25) is 0 Å². The lowest BCUT2D eigenvalue weighted by atomic mass is 10.0. The van der Waals surface area contributed by atoms with Crippen molar-refractivity contribution < 1.29 is 19.4 Å². The van der Waals surface area contributed by atoms with E-state index < -0.39 is 5.97 Å². The maximum atomic E-state index is 12.7. The van der Waals surface area contributed by atoms with Gasteiger partial charge >= 0.3 is 11.9 Å². The van der Waals surface area contributed by atoms with E-state index in [0.717, 1.165) is 77.0 Å². The highest BCUT2D eigenvalue weighted by atomic mass is 16.5. The van der Waals surface area contributed by atoms with Gasteiger partial charge < -0.3 is 9.84 Å². The second-order valence-electron chi connectivity index (χ2n) is 14.9. The lowest BCUT2D eigenvalue weighted by Crippen LogP contribution is -2.18. The first kappa shape index (κ1) is 48.2. The van der Waals surface area contributed by atoms with E-state index in [9.17, 15) is 9.59 Å². The molecule has 0 aliphatic carbocycles. The number of carbonyl (C=O) groups excluding carboxylic acids is 1. The Bertz CT molecular complexity index is 798. The van der Waals surface area contributed by atoms with Gasteiger partial charge in [-0.2, -0.15) is 0 Å². The molecule has 292 valence electrons. The molecule has 0 saturated heterocycles. The van der Waals surface area contributed by atoms with Crippen LogP contribution in [0.3, 0.4) is 0 Å². The van der Waals surface area contributed by atoms with Crippen LogP contribution in [0.2, 0.25) is 0 Å². The predicted molar refractivity (Wildman–Crippen MR) is 218 cm³/mol. The molecule has 4 nitrogen and oxygen atoms in total. The van der Waals surface area contributed by atoms with Gasteiger partial charge in [0.25, 0.3) is 0 Å². The normalized spacial score (nSPS) is 12.5. The smallest absolute Gasteiger partial charge is 0.306 e. The van der Waals surface area contributed by atoms with Gasteiger partial charge in [0.15, 0.2) is 0 Å². The number of ether oxygens (including phenoxy) is 1. The van der Waals surface area contributed by atoms with E-state index in [2.05, 4.69) is 50.3 Å². The van der Waals surface area contributed by atoms with Gasteiger partial charge in [0.1, 0.15) is 6.10 Å². The average molecular weight is 701 g/mol. The molecule has 0 rings (SSSR count). The Morgan fingerprint density at radius 2 is 0.800 bits per heavy atom. The number of rotatable bonds is 40. The monoisotopic (exact) mass is 701 g/mol. The van der Waals surface area contributed by atoms with Crippen molar-refractivity contribution in [2.45, 2.75) is 245 Å². The predicted octanol–water partition coefficient (Wildman–Crippen LogP) is 15.3. The van der Waals surface area contributed by atoms with Crippen molar-refractivity contribution in [3.05, 3.63) is 36.5 Å². The first-order chi connectivity index (χ1) is 24.6. The number of aliphatic carboxylic acids is 1. The van der Waals surface area contributed by atoms with Crippen molar-refractivity contribution >= 4 is 11.9 Å². The zero-order valence-electron chi connectivity index (χ0n) is 33.5. The van der Waals surface area contributed by atoms with Crippen molar-refractivity contribution in [3.63, 3.8) is 0 Å². The van der Waals surface area contributed by atoms with E-state index >= 15 is 0 Å². The second kappa shape index (κ2) is 41.6. The zero-order valence-corrected chi connectivity index (χ0v) is 33.5. The number of esters is 1. The Balaban J connectivity index is 4.01. The molecule has 0 aromatic rings. The number of carboxylic acid groups (broad SMARTS) is 1. The molecule has 50 heavy (non-hydrogen) atoms. The standard InChI is InChI=1S/C46H84O4/c1-3-5-7-9-11-13-15-17-18-19-20-21-22-24-26-28-30-35-39-43-46(49)50-44(41-37-33-31-34-38-42-45(47)48)40-36-32-29-27-25-23-16-14-12-10-8-6-4-2/h11,13,17-18,27,29,44H,3-10,12,14-16,19-26,28,30-43H2,1-2H3,(H,47,48)/b13-11-,18-17-,29-27-. The molecule has 0 saturated carbocycles. The highest BCUT2D eigenvalue weighted by Crippen LogP contribution is 2.18. The minimum Gasteiger partial charge on any atom is -0.481 e. The second-order valence-corrected chi connectivity index (χ2v) is 14.9. The fourth-order valence-electron chi connectivity index (χ4n) is 6.57. The molecule has 0 aliphatic rings. The van der Waals surface area contributed by atoms with E-state index in [1.165, 1.54) is 135 Å². The molecular formula is C46H84O4. The first-order valence-electron chi connectivity index (χ1n) is 22.0. The van der Waals surface area contributed by atoms with Crippen molar-refractivity contribution in [2.75, 3.05) is 0 Å². The molecular weight excluding hydrogens is 617 g/mol. The van der Waals surface area contributed by atoms with Gasteiger partial charge in [-0.1, -0.05) is 172 Å². The summed E-state index contributed by atoms with van der Waals surface area (Å²) in [4.78, 5) is 23.4. The summed E-state index contributed by atoms with van der Waals surface area (Å²) in [6.07, 6.45) is 54.6. The zero-order chi connectivity index (χ0) is 36.4. The minimum atomic E-state index is -0.703. The fraction of sp³-hybridized carbons (Fsp3) is 0.826. The molecule has 1 unspecified atom stereocenters. The number of carbonyl (C=O) groups is 2. The summed E-state index contributed by atoms with van der Waals surface area (Å²) >= 11 is 0. The Labute approximate surface area is 311 Å². The highest BCUT2D eigenvalue weighted by Gasteiger charge is 2.14. The Kier molecular flexibility index (Phi) is 40.0. The third kappa shape index (κ3) is 40.6. The quantitative estimate of drug-likeness (QED) is 0.0393. The summed E-state index contributed by atoms with van der Waals surface area (Å²) < 4.78 is 6.00. The lowest BCUT2D eigenvalue weighted by molar-refractivity contribution is -0.150. The summed E-state index contributed by atoms with van der Waals surface area (Å²) in [5, 5.41) is 8.84. The van der Waals surface area contributed by atoms with E-state index in [4.69, 9.17) is 9.84 Å². The molecule has 0 bridgehead atoms. The van der Waals surface area contributed by atoms with Gasteiger partial charge in [0.05, 0.1) is 0 Å². The lowest BCUT2D eigenvalue weighted by Gasteiger charge is -2.18. The van der Waals surface area contributed by atoms with Gasteiger partial charge in [-0.15, -0.1) is 0 Å². The summed E-state index contributed by atoms with van der Waals surface area (Å²) in [6, 6.07) is 0. The summed E-state index contributed by atoms with van der Waals surface area (Å²) in [5.74, 6) is -0.718. The highest BCUT2D eigenvalue weighted by molar-refractivity contribution is 5.69. The molecule has 0 aromatic carbocycles. The topological polar surface area (TPSA) is 63.6 Å². The molecule has 1 N–H and O–H groups in total. The fourth-order valence-corrected chi connectivity index (χ4v) is 6.57. The van der Waals surface area contributed by atoms with Crippen LogP contribution in [0.4, 0.5) is 0 Å². The van der Waals surface area contributed by atoms with E-state index in [0.29, 0.717) is 6.42 Å². The van der Waals surface area contributed by atoms with Crippen LogP contribution < -0.4 is 0 Å². The molecule has 1 atom stereocenters. The summed E-state index contributed by atoms with van der Waals surface area (Å²) in [7, 11) is 0. The molecule has 0 amide bonds. The van der Waals surface area contributed by atoms with Crippen LogP contribution in [0.15, 0.2) is 36.5 Å². The third-order valence-electron chi connectivity index (χ3n) is 9.83. The van der Waals surface area contributed by atoms with Crippen LogP contribution in [0.25, 0.3) is 0 Å². The van der Waals surface area contributed by atoms with Crippen LogP contribution in [0.1, 0.15) is 239 Å². The molecule has 0 heterocycles. The molecule has 0 aliphatic heterocycles. The third-order valence-corrected chi connectivity index (χ3v) is 9.83. The maximum Gasteiger partial charge on any atom is 0.306 e. The van der Waals surface area contributed by atoms with Gasteiger partial charge in [0, 0.05) is 12.8 Å². The van der Waals surface area contributed by atoms with Crippen molar-refractivity contribution in [1.82, 2.24) is 0 Å². The van der Waals surface area contributed by atoms with Crippen LogP contribution in [-0.2, 0) is 14.3 Å².